The van der Waals surface area contributed by atoms with Crippen molar-refractivity contribution in [1.82, 2.24) is 0 Å². The van der Waals surface area contributed by atoms with Gasteiger partial charge < -0.3 is 0 Å². The van der Waals surface area contributed by atoms with Crippen molar-refractivity contribution in [3.05, 3.63) is 0 Å². The predicted molar refractivity (Wildman–Crippen MR) is 18.7 cm³/mol. The van der Waals surface area contributed by atoms with Crippen LogP contribution in [0, 0.1) is 0 Å². The molecular formula is C2H3ClO3. The van der Waals surface area contributed by atoms with Crippen molar-refractivity contribution in [3.8, 4) is 0 Å². The average molecular weight is 110 g/mol. The molecular weight excluding hydrogens is 107 g/mol. The monoisotopic (exact) mass is 110 g/mol. The molecule has 0 aliphatic carbocycles. The largest absolute Gasteiger partial charge is 0.341 e. The maximum absolute atomic E-state index is 9.61. The third kappa shape index (κ3) is 3.72. The molecule has 0 bridgehead atoms. The van der Waals surface area contributed by atoms with Gasteiger partial charge in [0.2, 0.25) is 0 Å². The van der Waals surface area contributed by atoms with Gasteiger partial charge in [0, 0.05) is 6.92 Å². The highest BCUT2D eigenvalue weighted by atomic mass is 35.5. The van der Waals surface area contributed by atoms with E-state index < -0.39 is 5.97 Å². The smallest absolute Gasteiger partial charge is 0.281 e. The number of rotatable bonds is 1. The molecule has 6 heavy (non-hydrogen) atoms. The molecule has 0 aliphatic rings. The number of hydrogen-bond donors (Lipinski definition) is 0. The molecule has 4 heteroatoms. The van der Waals surface area contributed by atoms with Crippen molar-refractivity contribution in [1.29, 1.82) is 0 Å². The fraction of sp³-hybridized carbons (Fsp3) is 0.500. The highest BCUT2D eigenvalue weighted by Gasteiger charge is 1.85. The van der Waals surface area contributed by atoms with Crippen molar-refractivity contribution in [2.75, 3.05) is 0 Å². The highest BCUT2D eigenvalue weighted by molar-refractivity contribution is 6.07. The highest BCUT2D eigenvalue weighted by Crippen LogP contribution is 1.80. The Bertz CT molecular complexity index is 52.8. The lowest BCUT2D eigenvalue weighted by atomic mass is 10.9. The Morgan fingerprint density at radius 1 is 1.83 bits per heavy atom. The molecule has 0 saturated heterocycles. The summed E-state index contributed by atoms with van der Waals surface area (Å²) >= 11 is 4.45. The quantitative estimate of drug-likeness (QED) is 0.367. The van der Waals surface area contributed by atoms with E-state index >= 15 is 0 Å². The summed E-state index contributed by atoms with van der Waals surface area (Å²) in [5, 5.41) is 0. The molecule has 0 unspecified atom stereocenters. The van der Waals surface area contributed by atoms with Crippen molar-refractivity contribution in [2.45, 2.75) is 6.92 Å². The number of carbonyl (C=O) groups excluding carboxylic acids is 1. The zero-order valence-corrected chi connectivity index (χ0v) is 3.86. The van der Waals surface area contributed by atoms with E-state index in [2.05, 4.69) is 21.2 Å². The Labute approximate surface area is 39.9 Å². The van der Waals surface area contributed by atoms with Crippen molar-refractivity contribution in [3.63, 3.8) is 0 Å². The van der Waals surface area contributed by atoms with Crippen LogP contribution in [0.4, 0.5) is 0 Å². The molecule has 0 fully saturated rings. The lowest BCUT2D eigenvalue weighted by Crippen LogP contribution is -1.91. The molecule has 0 aromatic rings. The summed E-state index contributed by atoms with van der Waals surface area (Å²) in [6, 6.07) is 0. The summed E-state index contributed by atoms with van der Waals surface area (Å²) < 4.78 is 3.43. The predicted octanol–water partition coefficient (Wildman–Crippen LogP) is 0.635. The molecule has 0 aliphatic heterocycles. The average Bonchev–Trinajstić information content (AvgIpc) is 1.35. The topological polar surface area (TPSA) is 35.5 Å². The second-order valence-corrected chi connectivity index (χ2v) is 0.764. The van der Waals surface area contributed by atoms with Gasteiger partial charge in [-0.25, -0.2) is 4.79 Å². The summed E-state index contributed by atoms with van der Waals surface area (Å²) in [6.07, 6.45) is 0. The zero-order valence-electron chi connectivity index (χ0n) is 3.10. The molecule has 0 radical (unpaired) electrons. The molecule has 0 spiro atoms. The van der Waals surface area contributed by atoms with Gasteiger partial charge in [-0.1, -0.05) is 4.44 Å². The summed E-state index contributed by atoms with van der Waals surface area (Å²) in [4.78, 5) is 13.3. The van der Waals surface area contributed by atoms with Crippen LogP contribution < -0.4 is 0 Å². The van der Waals surface area contributed by atoms with E-state index in [4.69, 9.17) is 0 Å². The maximum atomic E-state index is 9.61. The van der Waals surface area contributed by atoms with Crippen molar-refractivity contribution < 1.29 is 14.1 Å². The molecule has 0 N–H and O–H groups in total. The maximum Gasteiger partial charge on any atom is 0.341 e. The normalized spacial score (nSPS) is 7.67. The second kappa shape index (κ2) is 2.93. The molecule has 0 heterocycles. The van der Waals surface area contributed by atoms with Gasteiger partial charge in [-0.05, 0) is 0 Å². The van der Waals surface area contributed by atoms with Crippen LogP contribution in [0.1, 0.15) is 6.92 Å². The fourth-order valence-corrected chi connectivity index (χ4v) is 0.133. The van der Waals surface area contributed by atoms with Crippen LogP contribution in [-0.4, -0.2) is 5.97 Å². The van der Waals surface area contributed by atoms with Crippen LogP contribution in [0.25, 0.3) is 0 Å². The summed E-state index contributed by atoms with van der Waals surface area (Å²) in [7, 11) is 0. The second-order valence-electron chi connectivity index (χ2n) is 0.638. The molecule has 0 aromatic carbocycles. The molecule has 36 valence electrons. The van der Waals surface area contributed by atoms with Gasteiger partial charge in [0.05, 0.1) is 0 Å². The Hall–Kier alpha value is -0.280. The number of carbonyl (C=O) groups is 1. The third-order valence-corrected chi connectivity index (χ3v) is 0.212. The van der Waals surface area contributed by atoms with Gasteiger partial charge in [-0.15, -0.1) is 0 Å². The first kappa shape index (κ1) is 5.72. The van der Waals surface area contributed by atoms with Crippen LogP contribution in [-0.2, 0) is 14.1 Å². The molecule has 0 amide bonds. The van der Waals surface area contributed by atoms with Crippen LogP contribution in [0.15, 0.2) is 0 Å². The van der Waals surface area contributed by atoms with Gasteiger partial charge in [0.25, 0.3) is 0 Å². The molecule has 3 nitrogen and oxygen atoms in total. The number of hydrogen-bond acceptors (Lipinski definition) is 3. The molecule has 0 atom stereocenters. The summed E-state index contributed by atoms with van der Waals surface area (Å²) in [6.45, 7) is 1.18. The van der Waals surface area contributed by atoms with E-state index in [-0.39, 0.29) is 0 Å². The van der Waals surface area contributed by atoms with Crippen LogP contribution in [0.2, 0.25) is 0 Å². The Morgan fingerprint density at radius 2 is 2.33 bits per heavy atom. The Morgan fingerprint density at radius 3 is 2.33 bits per heavy atom. The van der Waals surface area contributed by atoms with Gasteiger partial charge in [0.1, 0.15) is 11.9 Å². The van der Waals surface area contributed by atoms with Crippen LogP contribution >= 0.6 is 11.9 Å². The lowest BCUT2D eigenvalue weighted by molar-refractivity contribution is -0.208. The molecule has 0 saturated carbocycles. The minimum atomic E-state index is -0.565. The first-order valence-electron chi connectivity index (χ1n) is 1.23. The van der Waals surface area contributed by atoms with Crippen LogP contribution in [0.5, 0.6) is 0 Å². The van der Waals surface area contributed by atoms with E-state index in [0.29, 0.717) is 0 Å². The van der Waals surface area contributed by atoms with Gasteiger partial charge in [0.15, 0.2) is 0 Å². The van der Waals surface area contributed by atoms with Crippen molar-refractivity contribution >= 4 is 17.8 Å². The van der Waals surface area contributed by atoms with Gasteiger partial charge >= 0.3 is 5.97 Å². The number of halogens is 1. The summed E-state index contributed by atoms with van der Waals surface area (Å²) in [5.74, 6) is -0.565. The Balaban J connectivity index is 2.83. The first-order chi connectivity index (χ1) is 2.77. The van der Waals surface area contributed by atoms with E-state index in [1.165, 1.54) is 6.92 Å². The van der Waals surface area contributed by atoms with E-state index in [1.54, 1.807) is 0 Å². The minimum Gasteiger partial charge on any atom is -0.281 e. The van der Waals surface area contributed by atoms with Gasteiger partial charge in [-0.3, -0.25) is 4.89 Å². The Kier molecular flexibility index (Phi) is 2.80. The van der Waals surface area contributed by atoms with E-state index in [1.807, 2.05) is 0 Å². The fourth-order valence-electron chi connectivity index (χ4n) is 0.0444. The molecule has 0 aromatic heterocycles. The lowest BCUT2D eigenvalue weighted by Gasteiger charge is -1.83. The third-order valence-electron chi connectivity index (χ3n) is 0.149. The minimum absolute atomic E-state index is 0.565. The zero-order chi connectivity index (χ0) is 4.99. The SMILES string of the molecule is CC(=O)OOCl. The van der Waals surface area contributed by atoms with Crippen molar-refractivity contribution in [2.24, 2.45) is 0 Å². The van der Waals surface area contributed by atoms with Gasteiger partial charge in [-0.2, -0.15) is 0 Å². The van der Waals surface area contributed by atoms with E-state index in [0.717, 1.165) is 0 Å². The standard InChI is InChI=1S/C2H3ClO3/c1-2(4)5-6-3/h1H3. The van der Waals surface area contributed by atoms with E-state index in [9.17, 15) is 4.79 Å². The molecule has 0 rings (SSSR count). The first-order valence-corrected chi connectivity index (χ1v) is 1.54. The summed E-state index contributed by atoms with van der Waals surface area (Å²) in [5.41, 5.74) is 0. The van der Waals surface area contributed by atoms with Crippen LogP contribution in [0.3, 0.4) is 0 Å².